The summed E-state index contributed by atoms with van der Waals surface area (Å²) in [6.07, 6.45) is 0. The number of carbonyl (C=O) groups excluding carboxylic acids is 2. The number of rotatable bonds is 4. The highest BCUT2D eigenvalue weighted by molar-refractivity contribution is 7.71. The first-order valence-electron chi connectivity index (χ1n) is 7.83. The van der Waals surface area contributed by atoms with Gasteiger partial charge in [0.15, 0.2) is 5.13 Å². The molecule has 7 nitrogen and oxygen atoms in total. The summed E-state index contributed by atoms with van der Waals surface area (Å²) in [5.41, 5.74) is 1.24. The van der Waals surface area contributed by atoms with Crippen molar-refractivity contribution in [2.24, 2.45) is 0 Å². The van der Waals surface area contributed by atoms with Gasteiger partial charge in [-0.2, -0.15) is 0 Å². The van der Waals surface area contributed by atoms with Crippen molar-refractivity contribution < 1.29 is 22.4 Å². The summed E-state index contributed by atoms with van der Waals surface area (Å²) in [4.78, 5) is 28.4. The fourth-order valence-corrected chi connectivity index (χ4v) is 4.09. The van der Waals surface area contributed by atoms with Crippen LogP contribution in [-0.4, -0.2) is 25.3 Å². The number of nitrogens with zero attached hydrogens (tertiary/aromatic N) is 1. The second-order valence-electron chi connectivity index (χ2n) is 5.77. The zero-order valence-electron chi connectivity index (χ0n) is 14.3. The number of benzene rings is 2. The number of fused-ring (bicyclic) bond motifs is 1. The monoisotopic (exact) mass is 441 g/mol. The highest BCUT2D eigenvalue weighted by atomic mass is 35.5. The summed E-state index contributed by atoms with van der Waals surface area (Å²) in [6.45, 7) is 1.61. The second kappa shape index (κ2) is 8.21. The minimum Gasteiger partial charge on any atom is -0.283 e. The van der Waals surface area contributed by atoms with Gasteiger partial charge in [-0.1, -0.05) is 35.1 Å². The van der Waals surface area contributed by atoms with Crippen molar-refractivity contribution in [1.29, 1.82) is 0 Å². The number of carbonyl (C=O) groups is 2. The van der Waals surface area contributed by atoms with Gasteiger partial charge < -0.3 is 0 Å². The topological polar surface area (TPSA) is 105 Å². The molecule has 1 aromatic heterocycles. The quantitative estimate of drug-likeness (QED) is 0.537. The van der Waals surface area contributed by atoms with Crippen molar-refractivity contribution in [2.45, 2.75) is 12.7 Å². The normalized spacial score (nSPS) is 11.0. The zero-order valence-corrected chi connectivity index (χ0v) is 16.8. The van der Waals surface area contributed by atoms with Crippen LogP contribution in [0.3, 0.4) is 0 Å². The van der Waals surface area contributed by atoms with Gasteiger partial charge in [0.2, 0.25) is 0 Å². The third kappa shape index (κ3) is 4.46. The number of halogens is 2. The summed E-state index contributed by atoms with van der Waals surface area (Å²) in [5.74, 6) is -1.92. The molecular weight excluding hydrogens is 429 g/mol. The largest absolute Gasteiger partial charge is 0.327 e. The molecule has 146 valence electrons. The molecule has 0 saturated carbocycles. The minimum atomic E-state index is -2.55. The molecule has 0 fully saturated rings. The fourth-order valence-electron chi connectivity index (χ4n) is 2.43. The highest BCUT2D eigenvalue weighted by Crippen LogP contribution is 2.27. The van der Waals surface area contributed by atoms with Crippen LogP contribution in [0.25, 0.3) is 10.2 Å². The third-order valence-corrected chi connectivity index (χ3v) is 5.77. The van der Waals surface area contributed by atoms with E-state index in [9.17, 15) is 22.4 Å². The fraction of sp³-hybridized carbons (Fsp3) is 0.118. The molecule has 3 aromatic rings. The Labute approximate surface area is 169 Å². The summed E-state index contributed by atoms with van der Waals surface area (Å²) >= 11 is 7.06. The van der Waals surface area contributed by atoms with Crippen molar-refractivity contribution in [2.75, 3.05) is 5.32 Å². The van der Waals surface area contributed by atoms with Crippen LogP contribution in [0, 0.1) is 12.7 Å². The maximum atomic E-state index is 13.9. The lowest BCUT2D eigenvalue weighted by Crippen LogP contribution is -2.35. The molecule has 1 heterocycles. The van der Waals surface area contributed by atoms with Gasteiger partial charge in [0, 0.05) is 0 Å². The summed E-state index contributed by atoms with van der Waals surface area (Å²) in [7, 11) is -2.55. The van der Waals surface area contributed by atoms with Crippen molar-refractivity contribution >= 4 is 60.9 Å². The average Bonchev–Trinajstić information content (AvgIpc) is 2.99. The third-order valence-electron chi connectivity index (χ3n) is 3.72. The van der Waals surface area contributed by atoms with E-state index in [1.165, 1.54) is 6.07 Å². The van der Waals surface area contributed by atoms with E-state index in [-0.39, 0.29) is 15.9 Å². The van der Waals surface area contributed by atoms with Gasteiger partial charge >= 0.3 is 6.03 Å². The molecule has 3 amide bonds. The Kier molecular flexibility index (Phi) is 5.92. The number of thiol groups is 1. The smallest absolute Gasteiger partial charge is 0.283 e. The van der Waals surface area contributed by atoms with Crippen molar-refractivity contribution in [3.05, 3.63) is 57.9 Å². The lowest BCUT2D eigenvalue weighted by atomic mass is 10.1. The van der Waals surface area contributed by atoms with E-state index in [0.717, 1.165) is 17.4 Å². The summed E-state index contributed by atoms with van der Waals surface area (Å²) in [6, 6.07) is 6.54. The molecule has 0 aliphatic carbocycles. The Balaban J connectivity index is 1.74. The van der Waals surface area contributed by atoms with E-state index in [0.29, 0.717) is 21.3 Å². The second-order valence-corrected chi connectivity index (χ2v) is 8.16. The maximum absolute atomic E-state index is 13.9. The zero-order chi connectivity index (χ0) is 20.4. The molecule has 28 heavy (non-hydrogen) atoms. The number of aryl methyl sites for hydroxylation is 1. The van der Waals surface area contributed by atoms with Crippen molar-refractivity contribution in [1.82, 2.24) is 10.3 Å². The molecule has 0 unspecified atom stereocenters. The van der Waals surface area contributed by atoms with E-state index >= 15 is 0 Å². The lowest BCUT2D eigenvalue weighted by molar-refractivity contribution is 0.0963. The average molecular weight is 442 g/mol. The van der Waals surface area contributed by atoms with Gasteiger partial charge in [-0.3, -0.25) is 15.4 Å². The maximum Gasteiger partial charge on any atom is 0.327 e. The predicted molar refractivity (Wildman–Crippen MR) is 106 cm³/mol. The van der Waals surface area contributed by atoms with E-state index in [2.05, 4.69) is 10.3 Å². The molecule has 0 aliphatic rings. The van der Waals surface area contributed by atoms with E-state index in [1.54, 1.807) is 25.1 Å². The highest BCUT2D eigenvalue weighted by Gasteiger charge is 2.20. The van der Waals surface area contributed by atoms with Crippen LogP contribution in [0.15, 0.2) is 30.3 Å². The Morgan fingerprint density at radius 2 is 2.00 bits per heavy atom. The molecule has 0 atom stereocenters. The van der Waals surface area contributed by atoms with Gasteiger partial charge in [-0.15, -0.1) is 0 Å². The molecule has 2 aromatic carbocycles. The van der Waals surface area contributed by atoms with E-state index in [1.807, 2.05) is 5.32 Å². The van der Waals surface area contributed by atoms with Crippen molar-refractivity contribution in [3.8, 4) is 0 Å². The first kappa shape index (κ1) is 20.2. The number of aromatic nitrogens is 1. The molecule has 0 radical (unpaired) electrons. The van der Waals surface area contributed by atoms with Crippen LogP contribution in [0.1, 0.15) is 21.5 Å². The minimum absolute atomic E-state index is 0.0745. The molecular formula is C17H13ClFN3O4S2. The predicted octanol–water partition coefficient (Wildman–Crippen LogP) is 3.47. The van der Waals surface area contributed by atoms with Gasteiger partial charge in [0.1, 0.15) is 16.5 Å². The van der Waals surface area contributed by atoms with Crippen LogP contribution in [0.4, 0.5) is 14.3 Å². The molecule has 3 rings (SSSR count). The molecule has 0 aliphatic heterocycles. The van der Waals surface area contributed by atoms with Crippen molar-refractivity contribution in [3.63, 3.8) is 0 Å². The first-order valence-corrected chi connectivity index (χ1v) is 10.4. The first-order chi connectivity index (χ1) is 13.2. The number of anilines is 1. The standard InChI is InChI=1S/C17H13ClFN3O4S2/c1-8-2-4-10(19)13(14(8)18)15(23)21-16(24)22-17-20-11-5-3-9(7-28(25)26)6-12(11)27-17/h2-6,28H,7H2,1H3,(H2,20,21,22,23,24). The summed E-state index contributed by atoms with van der Waals surface area (Å²) in [5, 5.41) is 4.53. The SMILES string of the molecule is Cc1ccc(F)c(C(=O)NC(=O)Nc2nc3ccc(C[SH](=O)=O)cc3s2)c1Cl. The Hall–Kier alpha value is -2.56. The molecule has 2 N–H and O–H groups in total. The molecule has 0 bridgehead atoms. The Bertz CT molecular complexity index is 1170. The lowest BCUT2D eigenvalue weighted by Gasteiger charge is -2.08. The van der Waals surface area contributed by atoms with Crippen LogP contribution < -0.4 is 10.6 Å². The summed E-state index contributed by atoms with van der Waals surface area (Å²) < 4.78 is 36.2. The van der Waals surface area contributed by atoms with Crippen LogP contribution in [0.5, 0.6) is 0 Å². The van der Waals surface area contributed by atoms with Crippen LogP contribution in [0.2, 0.25) is 5.02 Å². The number of imide groups is 1. The van der Waals surface area contributed by atoms with Crippen LogP contribution >= 0.6 is 22.9 Å². The van der Waals surface area contributed by atoms with E-state index < -0.39 is 34.0 Å². The number of hydrogen-bond acceptors (Lipinski definition) is 6. The van der Waals surface area contributed by atoms with Crippen LogP contribution in [-0.2, 0) is 16.5 Å². The number of hydrogen-bond donors (Lipinski definition) is 3. The molecule has 0 spiro atoms. The number of amides is 3. The van der Waals surface area contributed by atoms with Gasteiger partial charge in [0.25, 0.3) is 5.91 Å². The van der Waals surface area contributed by atoms with E-state index in [4.69, 9.17) is 11.6 Å². The van der Waals surface area contributed by atoms with Gasteiger partial charge in [-0.25, -0.2) is 22.6 Å². The molecule has 11 heteroatoms. The van der Waals surface area contributed by atoms with Gasteiger partial charge in [0.05, 0.1) is 26.6 Å². The van der Waals surface area contributed by atoms with Gasteiger partial charge in [-0.05, 0) is 36.2 Å². The number of urea groups is 1. The number of nitrogens with one attached hydrogen (secondary N) is 2. The Morgan fingerprint density at radius 1 is 1.25 bits per heavy atom. The number of thiazole rings is 1. The molecule has 0 saturated heterocycles. The Morgan fingerprint density at radius 3 is 2.71 bits per heavy atom.